The standard InChI is InChI=1S/C19H23NO5/c1-12-8-17(24-4)18(25-5)11-15(12)20-19(21)9-13-6-7-14(22-2)10-16(13)23-3/h6-8,10-11H,9H2,1-5H3,(H,20,21). The van der Waals surface area contributed by atoms with E-state index in [1.165, 1.54) is 0 Å². The minimum atomic E-state index is -0.154. The Labute approximate surface area is 147 Å². The summed E-state index contributed by atoms with van der Waals surface area (Å²) < 4.78 is 21.0. The summed E-state index contributed by atoms with van der Waals surface area (Å²) in [6.07, 6.45) is 0.182. The molecule has 0 radical (unpaired) electrons. The van der Waals surface area contributed by atoms with E-state index in [2.05, 4.69) is 5.32 Å². The Hall–Kier alpha value is -2.89. The zero-order valence-electron chi connectivity index (χ0n) is 15.1. The molecule has 25 heavy (non-hydrogen) atoms. The van der Waals surface area contributed by atoms with Crippen LogP contribution in [0.1, 0.15) is 11.1 Å². The molecule has 0 bridgehead atoms. The van der Waals surface area contributed by atoms with Crippen molar-refractivity contribution in [2.24, 2.45) is 0 Å². The Morgan fingerprint density at radius 2 is 1.52 bits per heavy atom. The number of nitrogens with one attached hydrogen (secondary N) is 1. The Balaban J connectivity index is 2.18. The zero-order chi connectivity index (χ0) is 18.4. The fourth-order valence-electron chi connectivity index (χ4n) is 2.48. The van der Waals surface area contributed by atoms with Crippen LogP contribution in [0.2, 0.25) is 0 Å². The van der Waals surface area contributed by atoms with Crippen molar-refractivity contribution in [2.75, 3.05) is 33.8 Å². The first-order valence-electron chi connectivity index (χ1n) is 7.75. The molecule has 0 saturated heterocycles. The van der Waals surface area contributed by atoms with Crippen LogP contribution in [0.3, 0.4) is 0 Å². The van der Waals surface area contributed by atoms with Gasteiger partial charge in [-0.2, -0.15) is 0 Å². The number of ether oxygens (including phenoxy) is 4. The van der Waals surface area contributed by atoms with E-state index in [0.717, 1.165) is 11.1 Å². The van der Waals surface area contributed by atoms with Crippen molar-refractivity contribution in [3.05, 3.63) is 41.5 Å². The number of hydrogen-bond acceptors (Lipinski definition) is 5. The Morgan fingerprint density at radius 1 is 0.880 bits per heavy atom. The normalized spacial score (nSPS) is 10.1. The van der Waals surface area contributed by atoms with Gasteiger partial charge in [0.25, 0.3) is 0 Å². The maximum atomic E-state index is 12.4. The van der Waals surface area contributed by atoms with Gasteiger partial charge < -0.3 is 24.3 Å². The molecule has 0 heterocycles. The molecule has 2 aromatic rings. The van der Waals surface area contributed by atoms with E-state index in [1.807, 2.05) is 19.1 Å². The highest BCUT2D eigenvalue weighted by molar-refractivity contribution is 5.93. The average Bonchev–Trinajstić information content (AvgIpc) is 2.63. The fraction of sp³-hybridized carbons (Fsp3) is 0.316. The third kappa shape index (κ3) is 4.35. The van der Waals surface area contributed by atoms with E-state index < -0.39 is 0 Å². The number of aryl methyl sites for hydroxylation is 1. The number of rotatable bonds is 7. The number of methoxy groups -OCH3 is 4. The van der Waals surface area contributed by atoms with Gasteiger partial charge in [-0.3, -0.25) is 4.79 Å². The maximum absolute atomic E-state index is 12.4. The smallest absolute Gasteiger partial charge is 0.228 e. The largest absolute Gasteiger partial charge is 0.497 e. The minimum Gasteiger partial charge on any atom is -0.497 e. The van der Waals surface area contributed by atoms with Crippen molar-refractivity contribution in [2.45, 2.75) is 13.3 Å². The molecule has 0 aliphatic heterocycles. The van der Waals surface area contributed by atoms with Crippen LogP contribution in [0.25, 0.3) is 0 Å². The highest BCUT2D eigenvalue weighted by atomic mass is 16.5. The van der Waals surface area contributed by atoms with E-state index in [4.69, 9.17) is 18.9 Å². The van der Waals surface area contributed by atoms with Crippen LogP contribution in [0.15, 0.2) is 30.3 Å². The molecule has 6 heteroatoms. The Bertz CT molecular complexity index is 758. The molecular weight excluding hydrogens is 322 g/mol. The predicted molar refractivity (Wildman–Crippen MR) is 96.2 cm³/mol. The second kappa shape index (κ2) is 8.28. The number of carbonyl (C=O) groups excluding carboxylic acids is 1. The average molecular weight is 345 g/mol. The number of carbonyl (C=O) groups is 1. The third-order valence-electron chi connectivity index (χ3n) is 3.85. The summed E-state index contributed by atoms with van der Waals surface area (Å²) in [6, 6.07) is 8.94. The molecular formula is C19H23NO5. The van der Waals surface area contributed by atoms with Gasteiger partial charge in [-0.05, 0) is 24.6 Å². The summed E-state index contributed by atoms with van der Waals surface area (Å²) in [7, 11) is 6.28. The van der Waals surface area contributed by atoms with Gasteiger partial charge in [-0.25, -0.2) is 0 Å². The fourth-order valence-corrected chi connectivity index (χ4v) is 2.48. The molecule has 0 aliphatic rings. The SMILES string of the molecule is COc1ccc(CC(=O)Nc2cc(OC)c(OC)cc2C)c(OC)c1. The molecule has 2 rings (SSSR count). The molecule has 2 aromatic carbocycles. The van der Waals surface area contributed by atoms with Crippen LogP contribution >= 0.6 is 0 Å². The predicted octanol–water partition coefficient (Wildman–Crippen LogP) is 3.21. The van der Waals surface area contributed by atoms with Crippen molar-refractivity contribution < 1.29 is 23.7 Å². The number of hydrogen-bond donors (Lipinski definition) is 1. The van der Waals surface area contributed by atoms with Crippen LogP contribution in [-0.2, 0) is 11.2 Å². The first-order valence-corrected chi connectivity index (χ1v) is 7.75. The summed E-state index contributed by atoms with van der Waals surface area (Å²) in [5, 5.41) is 2.90. The lowest BCUT2D eigenvalue weighted by atomic mass is 10.1. The van der Waals surface area contributed by atoms with Crippen LogP contribution in [0.4, 0.5) is 5.69 Å². The van der Waals surface area contributed by atoms with Crippen molar-refractivity contribution in [3.63, 3.8) is 0 Å². The van der Waals surface area contributed by atoms with Gasteiger partial charge in [0.1, 0.15) is 11.5 Å². The van der Waals surface area contributed by atoms with Crippen molar-refractivity contribution >= 4 is 11.6 Å². The molecule has 0 fully saturated rings. The van der Waals surface area contributed by atoms with Gasteiger partial charge in [-0.15, -0.1) is 0 Å². The van der Waals surface area contributed by atoms with E-state index >= 15 is 0 Å². The van der Waals surface area contributed by atoms with Crippen molar-refractivity contribution in [1.82, 2.24) is 0 Å². The van der Waals surface area contributed by atoms with Crippen LogP contribution in [-0.4, -0.2) is 34.3 Å². The summed E-state index contributed by atoms with van der Waals surface area (Å²) in [4.78, 5) is 12.4. The molecule has 0 unspecified atom stereocenters. The van der Waals surface area contributed by atoms with Crippen molar-refractivity contribution in [3.8, 4) is 23.0 Å². The molecule has 134 valence electrons. The molecule has 6 nitrogen and oxygen atoms in total. The monoisotopic (exact) mass is 345 g/mol. The number of amides is 1. The molecule has 0 spiro atoms. The summed E-state index contributed by atoms with van der Waals surface area (Å²) in [5.74, 6) is 2.31. The number of benzene rings is 2. The van der Waals surface area contributed by atoms with Gasteiger partial charge >= 0.3 is 0 Å². The molecule has 0 aromatic heterocycles. The summed E-state index contributed by atoms with van der Waals surface area (Å²) >= 11 is 0. The lowest BCUT2D eigenvalue weighted by Crippen LogP contribution is -2.16. The summed E-state index contributed by atoms with van der Waals surface area (Å²) in [5.41, 5.74) is 2.33. The van der Waals surface area contributed by atoms with Crippen LogP contribution in [0, 0.1) is 6.92 Å². The maximum Gasteiger partial charge on any atom is 0.228 e. The molecule has 0 atom stereocenters. The van der Waals surface area contributed by atoms with Crippen LogP contribution in [0.5, 0.6) is 23.0 Å². The van der Waals surface area contributed by atoms with E-state index in [1.54, 1.807) is 46.6 Å². The summed E-state index contributed by atoms with van der Waals surface area (Å²) in [6.45, 7) is 1.89. The molecule has 0 aliphatic carbocycles. The quantitative estimate of drug-likeness (QED) is 0.835. The van der Waals surface area contributed by atoms with E-state index in [-0.39, 0.29) is 12.3 Å². The first-order chi connectivity index (χ1) is 12.0. The Kier molecular flexibility index (Phi) is 6.11. The van der Waals surface area contributed by atoms with Gasteiger partial charge in [0, 0.05) is 23.4 Å². The molecule has 1 N–H and O–H groups in total. The van der Waals surface area contributed by atoms with E-state index in [0.29, 0.717) is 28.7 Å². The minimum absolute atomic E-state index is 0.154. The van der Waals surface area contributed by atoms with Crippen LogP contribution < -0.4 is 24.3 Å². The second-order valence-corrected chi connectivity index (χ2v) is 5.42. The van der Waals surface area contributed by atoms with E-state index in [9.17, 15) is 4.79 Å². The number of anilines is 1. The first kappa shape index (κ1) is 18.4. The topological polar surface area (TPSA) is 66.0 Å². The van der Waals surface area contributed by atoms with Gasteiger partial charge in [-0.1, -0.05) is 6.07 Å². The van der Waals surface area contributed by atoms with Gasteiger partial charge in [0.2, 0.25) is 5.91 Å². The lowest BCUT2D eigenvalue weighted by molar-refractivity contribution is -0.115. The van der Waals surface area contributed by atoms with Gasteiger partial charge in [0.15, 0.2) is 11.5 Å². The molecule has 0 saturated carbocycles. The zero-order valence-corrected chi connectivity index (χ0v) is 15.1. The van der Waals surface area contributed by atoms with Gasteiger partial charge in [0.05, 0.1) is 34.9 Å². The second-order valence-electron chi connectivity index (χ2n) is 5.42. The molecule has 1 amide bonds. The lowest BCUT2D eigenvalue weighted by Gasteiger charge is -2.14. The highest BCUT2D eigenvalue weighted by Gasteiger charge is 2.13. The highest BCUT2D eigenvalue weighted by Crippen LogP contribution is 2.33. The van der Waals surface area contributed by atoms with Crippen molar-refractivity contribution in [1.29, 1.82) is 0 Å². The Morgan fingerprint density at radius 3 is 2.12 bits per heavy atom. The third-order valence-corrected chi connectivity index (χ3v) is 3.85.